The van der Waals surface area contributed by atoms with Gasteiger partial charge in [0, 0.05) is 49.8 Å². The molecule has 0 bridgehead atoms. The van der Waals surface area contributed by atoms with E-state index in [1.807, 2.05) is 26.0 Å². The molecule has 1 aliphatic rings. The molecule has 4 heterocycles. The lowest BCUT2D eigenvalue weighted by atomic mass is 10.2. The predicted molar refractivity (Wildman–Crippen MR) is 141 cm³/mol. The van der Waals surface area contributed by atoms with Gasteiger partial charge in [0.2, 0.25) is 5.95 Å². The van der Waals surface area contributed by atoms with E-state index in [2.05, 4.69) is 49.3 Å². The van der Waals surface area contributed by atoms with Crippen molar-refractivity contribution in [3.63, 3.8) is 0 Å². The molecule has 0 radical (unpaired) electrons. The Kier molecular flexibility index (Phi) is 6.38. The van der Waals surface area contributed by atoms with Gasteiger partial charge >= 0.3 is 0 Å². The van der Waals surface area contributed by atoms with Gasteiger partial charge in [-0.15, -0.1) is 11.7 Å². The van der Waals surface area contributed by atoms with Crippen LogP contribution in [0.15, 0.2) is 64.8 Å². The van der Waals surface area contributed by atoms with E-state index >= 15 is 0 Å². The fourth-order valence-corrected chi connectivity index (χ4v) is 4.31. The van der Waals surface area contributed by atoms with Crippen molar-refractivity contribution >= 4 is 28.4 Å². The first kappa shape index (κ1) is 23.5. The van der Waals surface area contributed by atoms with Crippen molar-refractivity contribution in [3.8, 4) is 5.82 Å². The summed E-state index contributed by atoms with van der Waals surface area (Å²) in [6, 6.07) is 11.0. The molecule has 11 heteroatoms. The van der Waals surface area contributed by atoms with Gasteiger partial charge in [0.25, 0.3) is 11.1 Å². The minimum atomic E-state index is -0.263. The van der Waals surface area contributed by atoms with Crippen LogP contribution in [0.3, 0.4) is 0 Å². The monoisotopic (exact) mass is 487 g/mol. The number of piperazine rings is 1. The van der Waals surface area contributed by atoms with Gasteiger partial charge in [-0.2, -0.15) is 4.98 Å². The Balaban J connectivity index is 1.54. The summed E-state index contributed by atoms with van der Waals surface area (Å²) in [6.07, 6.45) is 3.14. The van der Waals surface area contributed by atoms with Crippen LogP contribution < -0.4 is 26.7 Å². The molecule has 1 aromatic carbocycles. The van der Waals surface area contributed by atoms with E-state index in [0.717, 1.165) is 31.9 Å². The number of hydrogen-bond acceptors (Lipinski definition) is 8. The Labute approximate surface area is 207 Å². The van der Waals surface area contributed by atoms with Gasteiger partial charge in [0.1, 0.15) is 5.39 Å². The number of hydrogen-bond donors (Lipinski definition) is 2. The van der Waals surface area contributed by atoms with Crippen LogP contribution in [0.5, 0.6) is 0 Å². The van der Waals surface area contributed by atoms with Crippen LogP contribution in [0.1, 0.15) is 19.9 Å². The molecule has 5 rings (SSSR count). The highest BCUT2D eigenvalue weighted by atomic mass is 16.1. The number of benzene rings is 1. The van der Waals surface area contributed by atoms with E-state index < -0.39 is 0 Å². The Morgan fingerprint density at radius 3 is 2.56 bits per heavy atom. The van der Waals surface area contributed by atoms with Gasteiger partial charge in [-0.1, -0.05) is 6.08 Å². The molecule has 3 aromatic heterocycles. The molecule has 2 N–H and O–H groups in total. The van der Waals surface area contributed by atoms with Crippen molar-refractivity contribution in [3.05, 3.63) is 76.0 Å². The van der Waals surface area contributed by atoms with Gasteiger partial charge in [-0.05, 0) is 44.2 Å². The van der Waals surface area contributed by atoms with E-state index in [1.54, 1.807) is 16.8 Å². The van der Waals surface area contributed by atoms with Gasteiger partial charge in [-0.3, -0.25) is 9.59 Å². The van der Waals surface area contributed by atoms with Crippen LogP contribution in [-0.4, -0.2) is 55.3 Å². The molecule has 1 saturated heterocycles. The Morgan fingerprint density at radius 2 is 1.86 bits per heavy atom. The zero-order chi connectivity index (χ0) is 25.2. The molecule has 0 spiro atoms. The second-order valence-electron chi connectivity index (χ2n) is 8.90. The standard InChI is InChI=1S/C25H29N9O2/c1-4-13-32-24(36)20-16-27-25(28-18-5-7-19(8-6-18)31-14-11-26-12-15-31)29-23(20)34(32)21-9-10-22(35)33(30-21)17(2)3/h4-10,16-17,26H,1,11-15H2,2-3H3,(H,27,28,29). The number of anilines is 3. The molecule has 0 saturated carbocycles. The molecule has 11 nitrogen and oxygen atoms in total. The van der Waals surface area contributed by atoms with Crippen molar-refractivity contribution in [1.82, 2.24) is 34.4 Å². The molecule has 4 aromatic rings. The smallest absolute Gasteiger partial charge is 0.278 e. The van der Waals surface area contributed by atoms with Crippen molar-refractivity contribution in [2.75, 3.05) is 36.4 Å². The first-order chi connectivity index (χ1) is 17.5. The summed E-state index contributed by atoms with van der Waals surface area (Å²) < 4.78 is 4.47. The zero-order valence-corrected chi connectivity index (χ0v) is 20.4. The molecule has 0 atom stereocenters. The molecule has 1 aliphatic heterocycles. The van der Waals surface area contributed by atoms with E-state index in [-0.39, 0.29) is 23.7 Å². The van der Waals surface area contributed by atoms with Crippen LogP contribution in [0.25, 0.3) is 16.9 Å². The van der Waals surface area contributed by atoms with Gasteiger partial charge in [-0.25, -0.2) is 19.0 Å². The first-order valence-corrected chi connectivity index (χ1v) is 12.0. The molecular formula is C25H29N9O2. The maximum absolute atomic E-state index is 13.1. The topological polar surface area (TPSA) is 115 Å². The van der Waals surface area contributed by atoms with Crippen LogP contribution in [0.2, 0.25) is 0 Å². The highest BCUT2D eigenvalue weighted by Gasteiger charge is 2.19. The normalized spacial score (nSPS) is 13.9. The molecule has 0 amide bonds. The summed E-state index contributed by atoms with van der Waals surface area (Å²) in [5.74, 6) is 0.751. The lowest BCUT2D eigenvalue weighted by Gasteiger charge is -2.29. The third kappa shape index (κ3) is 4.40. The number of nitrogens with one attached hydrogen (secondary N) is 2. The molecule has 0 unspecified atom stereocenters. The average Bonchev–Trinajstić information content (AvgIpc) is 3.16. The van der Waals surface area contributed by atoms with E-state index in [9.17, 15) is 9.59 Å². The van der Waals surface area contributed by atoms with Crippen LogP contribution >= 0.6 is 0 Å². The third-order valence-corrected chi connectivity index (χ3v) is 6.10. The Hall–Kier alpha value is -4.25. The molecule has 36 heavy (non-hydrogen) atoms. The van der Waals surface area contributed by atoms with E-state index in [4.69, 9.17) is 0 Å². The Bertz CT molecular complexity index is 1510. The van der Waals surface area contributed by atoms with Crippen molar-refractivity contribution in [1.29, 1.82) is 0 Å². The summed E-state index contributed by atoms with van der Waals surface area (Å²) in [5.41, 5.74) is 1.91. The quantitative estimate of drug-likeness (QED) is 0.381. The maximum atomic E-state index is 13.1. The minimum Gasteiger partial charge on any atom is -0.369 e. The Morgan fingerprint density at radius 1 is 1.11 bits per heavy atom. The fourth-order valence-electron chi connectivity index (χ4n) is 4.31. The predicted octanol–water partition coefficient (Wildman–Crippen LogP) is 2.06. The lowest BCUT2D eigenvalue weighted by molar-refractivity contribution is 0.486. The summed E-state index contributed by atoms with van der Waals surface area (Å²) in [7, 11) is 0. The summed E-state index contributed by atoms with van der Waals surface area (Å²) >= 11 is 0. The van der Waals surface area contributed by atoms with Crippen LogP contribution in [-0.2, 0) is 6.54 Å². The second kappa shape index (κ2) is 9.78. The fraction of sp³-hybridized carbons (Fsp3) is 0.320. The summed E-state index contributed by atoms with van der Waals surface area (Å²) in [5, 5.41) is 11.4. The lowest BCUT2D eigenvalue weighted by Crippen LogP contribution is -2.43. The van der Waals surface area contributed by atoms with Crippen LogP contribution in [0, 0.1) is 0 Å². The largest absolute Gasteiger partial charge is 0.369 e. The molecule has 0 aliphatic carbocycles. The van der Waals surface area contributed by atoms with E-state index in [1.165, 1.54) is 27.3 Å². The summed E-state index contributed by atoms with van der Waals surface area (Å²) in [6.45, 7) is 11.7. The highest BCUT2D eigenvalue weighted by Crippen LogP contribution is 2.22. The maximum Gasteiger partial charge on any atom is 0.278 e. The van der Waals surface area contributed by atoms with Gasteiger partial charge in [0.15, 0.2) is 11.5 Å². The van der Waals surface area contributed by atoms with Crippen molar-refractivity contribution in [2.45, 2.75) is 26.4 Å². The molecule has 186 valence electrons. The van der Waals surface area contributed by atoms with Crippen molar-refractivity contribution in [2.24, 2.45) is 0 Å². The number of nitrogens with zero attached hydrogens (tertiary/aromatic N) is 7. The SMILES string of the molecule is C=CCn1c(=O)c2cnc(Nc3ccc(N4CCNCC4)cc3)nc2n1-c1ccc(=O)n(C(C)C)n1. The van der Waals surface area contributed by atoms with Gasteiger partial charge < -0.3 is 15.5 Å². The van der Waals surface area contributed by atoms with Crippen LogP contribution in [0.4, 0.5) is 17.3 Å². The second-order valence-corrected chi connectivity index (χ2v) is 8.90. The molecule has 1 fully saturated rings. The number of rotatable bonds is 7. The number of allylic oxidation sites excluding steroid dienone is 1. The van der Waals surface area contributed by atoms with Gasteiger partial charge in [0.05, 0.1) is 12.6 Å². The number of fused-ring (bicyclic) bond motifs is 1. The summed E-state index contributed by atoms with van der Waals surface area (Å²) in [4.78, 5) is 36.8. The molecular weight excluding hydrogens is 458 g/mol. The van der Waals surface area contributed by atoms with Crippen molar-refractivity contribution < 1.29 is 0 Å². The van der Waals surface area contributed by atoms with E-state index in [0.29, 0.717) is 22.8 Å². The third-order valence-electron chi connectivity index (χ3n) is 6.10. The zero-order valence-electron chi connectivity index (χ0n) is 20.4. The number of aromatic nitrogens is 6. The highest BCUT2D eigenvalue weighted by molar-refractivity contribution is 5.77. The average molecular weight is 488 g/mol. The first-order valence-electron chi connectivity index (χ1n) is 12.0. The minimum absolute atomic E-state index is 0.144.